The number of hydrogen-bond acceptors (Lipinski definition) is 4. The summed E-state index contributed by atoms with van der Waals surface area (Å²) in [5.41, 5.74) is 0. The number of hydrogen-bond donors (Lipinski definition) is 1. The minimum Gasteiger partial charge on any atom is -0.463 e. The fourth-order valence-electron chi connectivity index (χ4n) is 2.66. The van der Waals surface area contributed by atoms with Crippen molar-refractivity contribution in [3.8, 4) is 0 Å². The van der Waals surface area contributed by atoms with Crippen LogP contribution in [-0.4, -0.2) is 49.2 Å². The summed E-state index contributed by atoms with van der Waals surface area (Å²) in [7, 11) is 0. The standard InChI is InChI=1S/C13H22N2O2/c1-2-17-13(16)6-5-11-9-12(10-14-11)15-7-3-4-8-15/h5-6,11-12,14H,2-4,7-10H2,1H3/b6-5+/t11-,12+/m1/s1. The Kier molecular flexibility index (Phi) is 4.57. The molecule has 2 atom stereocenters. The molecule has 2 fully saturated rings. The molecule has 2 aliphatic heterocycles. The van der Waals surface area contributed by atoms with Crippen LogP contribution in [0, 0.1) is 0 Å². The van der Waals surface area contributed by atoms with Crippen molar-refractivity contribution in [2.45, 2.75) is 38.3 Å². The van der Waals surface area contributed by atoms with Crippen LogP contribution in [0.25, 0.3) is 0 Å². The lowest BCUT2D eigenvalue weighted by Crippen LogP contribution is -2.34. The molecule has 0 aromatic heterocycles. The summed E-state index contributed by atoms with van der Waals surface area (Å²) in [4.78, 5) is 13.8. The topological polar surface area (TPSA) is 41.6 Å². The van der Waals surface area contributed by atoms with Crippen LogP contribution in [0.4, 0.5) is 0 Å². The molecule has 0 bridgehead atoms. The molecule has 4 heteroatoms. The van der Waals surface area contributed by atoms with Gasteiger partial charge in [-0.05, 0) is 39.3 Å². The van der Waals surface area contributed by atoms with Crippen LogP contribution < -0.4 is 5.32 Å². The van der Waals surface area contributed by atoms with E-state index < -0.39 is 0 Å². The Morgan fingerprint density at radius 2 is 2.24 bits per heavy atom. The summed E-state index contributed by atoms with van der Waals surface area (Å²) in [5, 5.41) is 3.44. The van der Waals surface area contributed by atoms with Gasteiger partial charge in [0.1, 0.15) is 0 Å². The van der Waals surface area contributed by atoms with Gasteiger partial charge in [0.05, 0.1) is 6.61 Å². The molecule has 2 aliphatic rings. The molecule has 0 saturated carbocycles. The Bertz CT molecular complexity index is 285. The van der Waals surface area contributed by atoms with Gasteiger partial charge in [0.2, 0.25) is 0 Å². The molecule has 0 spiro atoms. The normalized spacial score (nSPS) is 30.2. The number of carbonyl (C=O) groups is 1. The maximum atomic E-state index is 11.2. The van der Waals surface area contributed by atoms with E-state index in [0.29, 0.717) is 18.7 Å². The summed E-state index contributed by atoms with van der Waals surface area (Å²) >= 11 is 0. The molecule has 17 heavy (non-hydrogen) atoms. The highest BCUT2D eigenvalue weighted by Gasteiger charge is 2.28. The smallest absolute Gasteiger partial charge is 0.330 e. The lowest BCUT2D eigenvalue weighted by atomic mass is 10.1. The van der Waals surface area contributed by atoms with E-state index in [4.69, 9.17) is 4.74 Å². The van der Waals surface area contributed by atoms with E-state index in [9.17, 15) is 4.79 Å². The third kappa shape index (κ3) is 3.54. The van der Waals surface area contributed by atoms with Crippen molar-refractivity contribution < 1.29 is 9.53 Å². The average Bonchev–Trinajstić information content (AvgIpc) is 2.97. The second kappa shape index (κ2) is 6.17. The number of esters is 1. The zero-order valence-electron chi connectivity index (χ0n) is 10.5. The maximum absolute atomic E-state index is 11.2. The third-order valence-corrected chi connectivity index (χ3v) is 3.55. The Morgan fingerprint density at radius 1 is 1.47 bits per heavy atom. The lowest BCUT2D eigenvalue weighted by molar-refractivity contribution is -0.137. The quantitative estimate of drug-likeness (QED) is 0.584. The molecule has 2 heterocycles. The van der Waals surface area contributed by atoms with Crippen molar-refractivity contribution in [1.29, 1.82) is 0 Å². The average molecular weight is 238 g/mol. The monoisotopic (exact) mass is 238 g/mol. The summed E-state index contributed by atoms with van der Waals surface area (Å²) in [6, 6.07) is 0.972. The summed E-state index contributed by atoms with van der Waals surface area (Å²) < 4.78 is 4.86. The molecular weight excluding hydrogens is 216 g/mol. The van der Waals surface area contributed by atoms with Crippen LogP contribution in [0.3, 0.4) is 0 Å². The Labute approximate surface area is 103 Å². The van der Waals surface area contributed by atoms with Gasteiger partial charge in [-0.2, -0.15) is 0 Å². The summed E-state index contributed by atoms with van der Waals surface area (Å²) in [6.45, 7) is 5.78. The molecule has 4 nitrogen and oxygen atoms in total. The number of carbonyl (C=O) groups excluding carboxylic acids is 1. The second-order valence-corrected chi connectivity index (χ2v) is 4.76. The predicted octanol–water partition coefficient (Wildman–Crippen LogP) is 0.932. The van der Waals surface area contributed by atoms with Crippen molar-refractivity contribution in [1.82, 2.24) is 10.2 Å². The molecule has 0 aromatic rings. The molecule has 0 radical (unpaired) electrons. The van der Waals surface area contributed by atoms with Crippen molar-refractivity contribution >= 4 is 5.97 Å². The lowest BCUT2D eigenvalue weighted by Gasteiger charge is -2.21. The zero-order chi connectivity index (χ0) is 12.1. The van der Waals surface area contributed by atoms with Gasteiger partial charge in [0.15, 0.2) is 0 Å². The minimum absolute atomic E-state index is 0.237. The van der Waals surface area contributed by atoms with Crippen LogP contribution in [0.5, 0.6) is 0 Å². The van der Waals surface area contributed by atoms with Crippen molar-refractivity contribution in [3.05, 3.63) is 12.2 Å². The first kappa shape index (κ1) is 12.6. The SMILES string of the molecule is CCOC(=O)/C=C/[C@@H]1C[C@H](N2CCCC2)CN1. The van der Waals surface area contributed by atoms with Gasteiger partial charge in [-0.3, -0.25) is 4.90 Å². The molecule has 96 valence electrons. The maximum Gasteiger partial charge on any atom is 0.330 e. The highest BCUT2D eigenvalue weighted by atomic mass is 16.5. The van der Waals surface area contributed by atoms with E-state index in [-0.39, 0.29) is 5.97 Å². The van der Waals surface area contributed by atoms with Gasteiger partial charge in [-0.15, -0.1) is 0 Å². The molecule has 0 unspecified atom stereocenters. The first-order chi connectivity index (χ1) is 8.29. The molecule has 2 rings (SSSR count). The third-order valence-electron chi connectivity index (χ3n) is 3.55. The predicted molar refractivity (Wildman–Crippen MR) is 66.8 cm³/mol. The van der Waals surface area contributed by atoms with Gasteiger partial charge in [0.25, 0.3) is 0 Å². The molecule has 0 aromatic carbocycles. The van der Waals surface area contributed by atoms with E-state index in [1.807, 2.05) is 13.0 Å². The number of nitrogens with one attached hydrogen (secondary N) is 1. The van der Waals surface area contributed by atoms with Gasteiger partial charge < -0.3 is 10.1 Å². The molecule has 0 amide bonds. The van der Waals surface area contributed by atoms with Gasteiger partial charge in [0, 0.05) is 24.7 Å². The fourth-order valence-corrected chi connectivity index (χ4v) is 2.66. The van der Waals surface area contributed by atoms with Gasteiger partial charge in [-0.1, -0.05) is 6.08 Å². The molecular formula is C13H22N2O2. The number of rotatable bonds is 4. The van der Waals surface area contributed by atoms with Crippen LogP contribution in [0.2, 0.25) is 0 Å². The molecule has 0 aliphatic carbocycles. The summed E-state index contributed by atoms with van der Waals surface area (Å²) in [6.07, 6.45) is 7.26. The largest absolute Gasteiger partial charge is 0.463 e. The minimum atomic E-state index is -0.237. The Hall–Kier alpha value is -0.870. The van der Waals surface area contributed by atoms with Crippen LogP contribution in [0.1, 0.15) is 26.2 Å². The number of nitrogens with zero attached hydrogens (tertiary/aromatic N) is 1. The van der Waals surface area contributed by atoms with E-state index in [1.165, 1.54) is 25.9 Å². The van der Waals surface area contributed by atoms with Crippen LogP contribution >= 0.6 is 0 Å². The summed E-state index contributed by atoms with van der Waals surface area (Å²) in [5.74, 6) is -0.237. The van der Waals surface area contributed by atoms with Crippen molar-refractivity contribution in [3.63, 3.8) is 0 Å². The highest BCUT2D eigenvalue weighted by Crippen LogP contribution is 2.19. The Morgan fingerprint density at radius 3 is 2.94 bits per heavy atom. The van der Waals surface area contributed by atoms with Gasteiger partial charge in [-0.25, -0.2) is 4.79 Å². The molecule has 1 N–H and O–H groups in total. The van der Waals surface area contributed by atoms with E-state index >= 15 is 0 Å². The van der Waals surface area contributed by atoms with Gasteiger partial charge >= 0.3 is 5.97 Å². The van der Waals surface area contributed by atoms with Crippen molar-refractivity contribution in [2.24, 2.45) is 0 Å². The van der Waals surface area contributed by atoms with E-state index in [0.717, 1.165) is 13.0 Å². The Balaban J connectivity index is 1.75. The number of likely N-dealkylation sites (tertiary alicyclic amines) is 1. The zero-order valence-corrected chi connectivity index (χ0v) is 10.5. The van der Waals surface area contributed by atoms with Crippen molar-refractivity contribution in [2.75, 3.05) is 26.2 Å². The molecule has 2 saturated heterocycles. The van der Waals surface area contributed by atoms with Crippen LogP contribution in [0.15, 0.2) is 12.2 Å². The number of ether oxygens (including phenoxy) is 1. The van der Waals surface area contributed by atoms with Crippen LogP contribution in [-0.2, 0) is 9.53 Å². The van der Waals surface area contributed by atoms with E-state index in [2.05, 4.69) is 10.2 Å². The fraction of sp³-hybridized carbons (Fsp3) is 0.769. The highest BCUT2D eigenvalue weighted by molar-refractivity contribution is 5.81. The second-order valence-electron chi connectivity index (χ2n) is 4.76. The van der Waals surface area contributed by atoms with E-state index in [1.54, 1.807) is 6.08 Å². The first-order valence-corrected chi connectivity index (χ1v) is 6.62. The first-order valence-electron chi connectivity index (χ1n) is 6.62.